The molecule has 0 radical (unpaired) electrons. The van der Waals surface area contributed by atoms with E-state index in [2.05, 4.69) is 10.6 Å². The van der Waals surface area contributed by atoms with Gasteiger partial charge in [0, 0.05) is 26.2 Å². The van der Waals surface area contributed by atoms with Gasteiger partial charge >= 0.3 is 0 Å². The molecule has 0 aromatic rings. The zero-order valence-electron chi connectivity index (χ0n) is 15.7. The van der Waals surface area contributed by atoms with Crippen molar-refractivity contribution in [2.75, 3.05) is 59.8 Å². The summed E-state index contributed by atoms with van der Waals surface area (Å²) in [6, 6.07) is 0. The molecule has 0 atom stereocenters. The maximum absolute atomic E-state index is 11.0. The lowest BCUT2D eigenvalue weighted by Gasteiger charge is -2.07. The Balaban J connectivity index is 2.99. The molecule has 0 aromatic heterocycles. The second kappa shape index (κ2) is 20.4. The highest BCUT2D eigenvalue weighted by Gasteiger charge is 1.96. The first kappa shape index (κ1) is 23.3. The second-order valence-electron chi connectivity index (χ2n) is 5.77. The van der Waals surface area contributed by atoms with Crippen LogP contribution in [0.15, 0.2) is 0 Å². The zero-order chi connectivity index (χ0) is 17.7. The van der Waals surface area contributed by atoms with Gasteiger partial charge in [0.05, 0.1) is 26.4 Å². The van der Waals surface area contributed by atoms with E-state index in [-0.39, 0.29) is 5.91 Å². The fourth-order valence-electron chi connectivity index (χ4n) is 2.08. The molecule has 0 rings (SSSR count). The van der Waals surface area contributed by atoms with Crippen LogP contribution >= 0.6 is 0 Å². The zero-order valence-corrected chi connectivity index (χ0v) is 15.7. The number of carbonyl (C=O) groups excluding carboxylic acids is 1. The molecule has 6 nitrogen and oxygen atoms in total. The largest absolute Gasteiger partial charge is 0.379 e. The molecule has 0 aliphatic carbocycles. The molecular formula is C18H38N2O4. The first-order valence-corrected chi connectivity index (χ1v) is 9.45. The summed E-state index contributed by atoms with van der Waals surface area (Å²) in [5, 5.41) is 6.01. The van der Waals surface area contributed by atoms with Gasteiger partial charge in [0.2, 0.25) is 5.91 Å². The highest BCUT2D eigenvalue weighted by molar-refractivity contribution is 5.75. The Kier molecular flexibility index (Phi) is 19.8. The van der Waals surface area contributed by atoms with Gasteiger partial charge in [-0.3, -0.25) is 4.79 Å². The van der Waals surface area contributed by atoms with Crippen molar-refractivity contribution in [3.05, 3.63) is 0 Å². The van der Waals surface area contributed by atoms with E-state index in [9.17, 15) is 4.79 Å². The first-order chi connectivity index (χ1) is 11.8. The molecule has 0 saturated carbocycles. The average Bonchev–Trinajstić information content (AvgIpc) is 2.60. The summed E-state index contributed by atoms with van der Waals surface area (Å²) in [6.07, 6.45) is 7.21. The minimum atomic E-state index is 0.126. The van der Waals surface area contributed by atoms with Gasteiger partial charge in [0.1, 0.15) is 0 Å². The molecule has 0 fully saturated rings. The molecule has 0 aliphatic heterocycles. The van der Waals surface area contributed by atoms with Crippen molar-refractivity contribution >= 4 is 5.91 Å². The molecule has 1 amide bonds. The average molecular weight is 347 g/mol. The number of ether oxygens (including phenoxy) is 3. The van der Waals surface area contributed by atoms with Gasteiger partial charge < -0.3 is 24.8 Å². The van der Waals surface area contributed by atoms with E-state index >= 15 is 0 Å². The second-order valence-corrected chi connectivity index (χ2v) is 5.77. The van der Waals surface area contributed by atoms with E-state index < -0.39 is 0 Å². The number of amides is 1. The van der Waals surface area contributed by atoms with E-state index in [1.165, 1.54) is 12.8 Å². The predicted molar refractivity (Wildman–Crippen MR) is 97.4 cm³/mol. The summed E-state index contributed by atoms with van der Waals surface area (Å²) in [6.45, 7) is 7.85. The third kappa shape index (κ3) is 19.4. The molecular weight excluding hydrogens is 308 g/mol. The molecule has 6 heteroatoms. The molecule has 0 spiro atoms. The van der Waals surface area contributed by atoms with E-state index in [1.807, 2.05) is 14.0 Å². The number of hydrogen-bond acceptors (Lipinski definition) is 5. The standard InChI is InChI=1S/C18H38N2O4/c1-3-18(21)20-11-7-5-9-13-23-15-17-24-16-14-22-12-8-4-6-10-19-2/h19H,3-17H2,1-2H3,(H,20,21). The van der Waals surface area contributed by atoms with Crippen molar-refractivity contribution in [3.8, 4) is 0 Å². The highest BCUT2D eigenvalue weighted by Crippen LogP contribution is 1.96. The lowest BCUT2D eigenvalue weighted by molar-refractivity contribution is -0.120. The van der Waals surface area contributed by atoms with Gasteiger partial charge in [0.25, 0.3) is 0 Å². The molecule has 0 unspecified atom stereocenters. The van der Waals surface area contributed by atoms with E-state index in [4.69, 9.17) is 14.2 Å². The fourth-order valence-corrected chi connectivity index (χ4v) is 2.08. The van der Waals surface area contributed by atoms with Crippen LogP contribution in [0.1, 0.15) is 51.9 Å². The van der Waals surface area contributed by atoms with Crippen LogP contribution in [0.4, 0.5) is 0 Å². The fraction of sp³-hybridized carbons (Fsp3) is 0.944. The highest BCUT2D eigenvalue weighted by atomic mass is 16.5. The van der Waals surface area contributed by atoms with Crippen LogP contribution in [0.5, 0.6) is 0 Å². The molecule has 0 saturated heterocycles. The number of rotatable bonds is 19. The quantitative estimate of drug-likeness (QED) is 0.351. The van der Waals surface area contributed by atoms with Crippen molar-refractivity contribution in [2.24, 2.45) is 0 Å². The first-order valence-electron chi connectivity index (χ1n) is 9.45. The Labute approximate surface area is 148 Å². The number of hydrogen-bond donors (Lipinski definition) is 2. The SMILES string of the molecule is CCC(=O)NCCCCCOCCOCCOCCCCCNC. The minimum Gasteiger partial charge on any atom is -0.379 e. The lowest BCUT2D eigenvalue weighted by atomic mass is 10.2. The van der Waals surface area contributed by atoms with Crippen LogP contribution in [-0.4, -0.2) is 65.7 Å². The molecule has 0 aliphatic rings. The van der Waals surface area contributed by atoms with Gasteiger partial charge in [0.15, 0.2) is 0 Å². The number of nitrogens with one attached hydrogen (secondary N) is 2. The third-order valence-electron chi connectivity index (χ3n) is 3.57. The summed E-state index contributed by atoms with van der Waals surface area (Å²) >= 11 is 0. The van der Waals surface area contributed by atoms with Gasteiger partial charge in [-0.25, -0.2) is 0 Å². The number of unbranched alkanes of at least 4 members (excludes halogenated alkanes) is 4. The Morgan fingerprint density at radius 2 is 1.21 bits per heavy atom. The normalized spacial score (nSPS) is 10.9. The van der Waals surface area contributed by atoms with Gasteiger partial charge in [-0.2, -0.15) is 0 Å². The lowest BCUT2D eigenvalue weighted by Crippen LogP contribution is -2.23. The van der Waals surface area contributed by atoms with Crippen LogP contribution in [0.25, 0.3) is 0 Å². The van der Waals surface area contributed by atoms with Crippen LogP contribution in [-0.2, 0) is 19.0 Å². The predicted octanol–water partition coefficient (Wildman–Crippen LogP) is 2.12. The van der Waals surface area contributed by atoms with Gasteiger partial charge in [-0.05, 0) is 52.1 Å². The van der Waals surface area contributed by atoms with Crippen molar-refractivity contribution < 1.29 is 19.0 Å². The Morgan fingerprint density at radius 3 is 1.71 bits per heavy atom. The summed E-state index contributed by atoms with van der Waals surface area (Å²) in [5.41, 5.74) is 0. The monoisotopic (exact) mass is 346 g/mol. The Hall–Kier alpha value is -0.690. The van der Waals surface area contributed by atoms with Crippen LogP contribution < -0.4 is 10.6 Å². The smallest absolute Gasteiger partial charge is 0.219 e. The third-order valence-corrected chi connectivity index (χ3v) is 3.57. The van der Waals surface area contributed by atoms with Gasteiger partial charge in [-0.1, -0.05) is 6.92 Å². The Bertz CT molecular complexity index is 265. The number of carbonyl (C=O) groups is 1. The van der Waals surface area contributed by atoms with Crippen LogP contribution in [0.2, 0.25) is 0 Å². The van der Waals surface area contributed by atoms with Crippen LogP contribution in [0, 0.1) is 0 Å². The molecule has 144 valence electrons. The van der Waals surface area contributed by atoms with Crippen molar-refractivity contribution in [2.45, 2.75) is 51.9 Å². The van der Waals surface area contributed by atoms with E-state index in [0.29, 0.717) is 32.8 Å². The summed E-state index contributed by atoms with van der Waals surface area (Å²) in [5.74, 6) is 0.126. The van der Waals surface area contributed by atoms with Crippen molar-refractivity contribution in [3.63, 3.8) is 0 Å². The summed E-state index contributed by atoms with van der Waals surface area (Å²) in [4.78, 5) is 11.0. The minimum absolute atomic E-state index is 0.126. The maximum atomic E-state index is 11.0. The Morgan fingerprint density at radius 1 is 0.708 bits per heavy atom. The van der Waals surface area contributed by atoms with Crippen LogP contribution in [0.3, 0.4) is 0 Å². The molecule has 2 N–H and O–H groups in total. The molecule has 0 aromatic carbocycles. The molecule has 0 bridgehead atoms. The molecule has 0 heterocycles. The van der Waals surface area contributed by atoms with Crippen molar-refractivity contribution in [1.29, 1.82) is 0 Å². The summed E-state index contributed by atoms with van der Waals surface area (Å²) < 4.78 is 16.5. The molecule has 24 heavy (non-hydrogen) atoms. The van der Waals surface area contributed by atoms with E-state index in [0.717, 1.165) is 52.0 Å². The summed E-state index contributed by atoms with van der Waals surface area (Å²) in [7, 11) is 1.98. The topological polar surface area (TPSA) is 68.8 Å². The maximum Gasteiger partial charge on any atom is 0.219 e. The van der Waals surface area contributed by atoms with E-state index in [1.54, 1.807) is 0 Å². The van der Waals surface area contributed by atoms with Crippen molar-refractivity contribution in [1.82, 2.24) is 10.6 Å². The van der Waals surface area contributed by atoms with Gasteiger partial charge in [-0.15, -0.1) is 0 Å².